The maximum absolute atomic E-state index is 13.7. The first-order valence-electron chi connectivity index (χ1n) is 8.68. The van der Waals surface area contributed by atoms with Gasteiger partial charge in [-0.2, -0.15) is 0 Å². The van der Waals surface area contributed by atoms with Crippen molar-refractivity contribution in [2.45, 2.75) is 4.90 Å². The predicted molar refractivity (Wildman–Crippen MR) is 125 cm³/mol. The van der Waals surface area contributed by atoms with E-state index in [0.717, 1.165) is 9.20 Å². The predicted octanol–water partition coefficient (Wildman–Crippen LogP) is 6.34. The molecule has 3 rings (SSSR count). The molecule has 3 amide bonds. The average Bonchev–Trinajstić information content (AvgIpc) is 2.74. The number of nitrogens with zero attached hydrogens (tertiary/aromatic N) is 1. The minimum Gasteiger partial charge on any atom is -0.322 e. The fraction of sp³-hybridized carbons (Fsp3) is 0.0476. The summed E-state index contributed by atoms with van der Waals surface area (Å²) in [6.45, 7) is 0. The summed E-state index contributed by atoms with van der Waals surface area (Å²) in [6.07, 6.45) is 1.91. The first-order valence-corrected chi connectivity index (χ1v) is 10.7. The molecule has 9 heteroatoms. The van der Waals surface area contributed by atoms with Crippen molar-refractivity contribution in [3.63, 3.8) is 0 Å². The number of thioether (sulfide) groups is 1. The van der Waals surface area contributed by atoms with Gasteiger partial charge in [0.05, 0.1) is 16.3 Å². The maximum atomic E-state index is 13.7. The Labute approximate surface area is 188 Å². The molecule has 0 heterocycles. The van der Waals surface area contributed by atoms with Crippen LogP contribution in [0.15, 0.2) is 71.6 Å². The van der Waals surface area contributed by atoms with Gasteiger partial charge in [-0.3, -0.25) is 4.79 Å². The highest BCUT2D eigenvalue weighted by Crippen LogP contribution is 2.28. The second-order valence-corrected chi connectivity index (χ2v) is 7.73. The van der Waals surface area contributed by atoms with Gasteiger partial charge in [0.2, 0.25) is 0 Å². The fourth-order valence-corrected chi connectivity index (χ4v) is 3.62. The normalized spacial score (nSPS) is 10.4. The Kier molecular flexibility index (Phi) is 7.25. The van der Waals surface area contributed by atoms with Crippen LogP contribution in [-0.4, -0.2) is 18.2 Å². The first kappa shape index (κ1) is 22.0. The SMILES string of the molecule is CSc1ccc(NC(=O)N(S)c2ccc(NC(=O)c3ccccc3F)cc2)cc1Cl. The molecule has 0 aromatic heterocycles. The topological polar surface area (TPSA) is 61.4 Å². The zero-order valence-corrected chi connectivity index (χ0v) is 18.2. The van der Waals surface area contributed by atoms with E-state index in [-0.39, 0.29) is 5.56 Å². The lowest BCUT2D eigenvalue weighted by Crippen LogP contribution is -2.26. The summed E-state index contributed by atoms with van der Waals surface area (Å²) in [4.78, 5) is 25.5. The van der Waals surface area contributed by atoms with Gasteiger partial charge in [-0.1, -0.05) is 36.5 Å². The number of thiol groups is 1. The van der Waals surface area contributed by atoms with Crippen LogP contribution in [0.25, 0.3) is 0 Å². The van der Waals surface area contributed by atoms with Crippen molar-refractivity contribution in [3.05, 3.63) is 83.1 Å². The standard InChI is InChI=1S/C21H17ClFN3O2S2/c1-30-19-11-8-14(12-17(19)22)25-21(28)26(29)15-9-6-13(7-10-15)24-20(27)16-4-2-3-5-18(16)23/h2-12,29H,1H3,(H,24,27)(H,25,28). The van der Waals surface area contributed by atoms with Crippen LogP contribution in [0, 0.1) is 5.82 Å². The van der Waals surface area contributed by atoms with Crippen LogP contribution < -0.4 is 14.9 Å². The third kappa shape index (κ3) is 5.27. The minimum absolute atomic E-state index is 0.0528. The number of rotatable bonds is 5. The van der Waals surface area contributed by atoms with Gasteiger partial charge in [0, 0.05) is 16.3 Å². The van der Waals surface area contributed by atoms with Crippen molar-refractivity contribution in [2.75, 3.05) is 21.2 Å². The van der Waals surface area contributed by atoms with E-state index in [4.69, 9.17) is 11.6 Å². The lowest BCUT2D eigenvalue weighted by molar-refractivity contribution is 0.102. The third-order valence-corrected chi connectivity index (χ3v) is 5.72. The molecule has 2 N–H and O–H groups in total. The molecule has 30 heavy (non-hydrogen) atoms. The van der Waals surface area contributed by atoms with E-state index in [1.54, 1.807) is 42.5 Å². The van der Waals surface area contributed by atoms with Crippen LogP contribution in [0.1, 0.15) is 10.4 Å². The van der Waals surface area contributed by atoms with Gasteiger partial charge in [0.25, 0.3) is 5.91 Å². The average molecular weight is 462 g/mol. The molecule has 0 aliphatic rings. The number of benzene rings is 3. The Hall–Kier alpha value is -2.68. The molecule has 3 aromatic rings. The van der Waals surface area contributed by atoms with E-state index in [2.05, 4.69) is 23.4 Å². The largest absolute Gasteiger partial charge is 0.336 e. The molecule has 0 aliphatic heterocycles. The van der Waals surface area contributed by atoms with E-state index in [9.17, 15) is 14.0 Å². The van der Waals surface area contributed by atoms with Crippen LogP contribution in [0.4, 0.5) is 26.2 Å². The Morgan fingerprint density at radius 1 is 1.00 bits per heavy atom. The smallest absolute Gasteiger partial charge is 0.322 e. The molecule has 0 saturated carbocycles. The van der Waals surface area contributed by atoms with Gasteiger partial charge >= 0.3 is 6.03 Å². The zero-order chi connectivity index (χ0) is 21.7. The number of anilines is 3. The number of hydrogen-bond donors (Lipinski definition) is 3. The van der Waals surface area contributed by atoms with Crippen molar-refractivity contribution in [1.29, 1.82) is 0 Å². The molecule has 0 spiro atoms. The molecular weight excluding hydrogens is 445 g/mol. The van der Waals surface area contributed by atoms with E-state index < -0.39 is 17.8 Å². The summed E-state index contributed by atoms with van der Waals surface area (Å²) in [5, 5.41) is 5.87. The lowest BCUT2D eigenvalue weighted by atomic mass is 10.2. The number of nitrogens with one attached hydrogen (secondary N) is 2. The minimum atomic E-state index is -0.601. The van der Waals surface area contributed by atoms with E-state index >= 15 is 0 Å². The van der Waals surface area contributed by atoms with E-state index in [1.807, 2.05) is 12.3 Å². The number of urea groups is 1. The summed E-state index contributed by atoms with van der Waals surface area (Å²) in [5.41, 5.74) is 1.42. The molecule has 3 aromatic carbocycles. The summed E-state index contributed by atoms with van der Waals surface area (Å²) in [7, 11) is 0. The second-order valence-electron chi connectivity index (χ2n) is 6.07. The van der Waals surface area contributed by atoms with Crippen LogP contribution >= 0.6 is 36.2 Å². The van der Waals surface area contributed by atoms with Crippen molar-refractivity contribution >= 4 is 65.2 Å². The summed E-state index contributed by atoms with van der Waals surface area (Å²) < 4.78 is 14.8. The van der Waals surface area contributed by atoms with Crippen molar-refractivity contribution in [2.24, 2.45) is 0 Å². The van der Waals surface area contributed by atoms with E-state index in [1.165, 1.54) is 30.0 Å². The Morgan fingerprint density at radius 2 is 1.67 bits per heavy atom. The number of carbonyl (C=O) groups excluding carboxylic acids is 2. The number of halogens is 2. The molecule has 0 aliphatic carbocycles. The molecule has 0 unspecified atom stereocenters. The summed E-state index contributed by atoms with van der Waals surface area (Å²) in [5.74, 6) is -1.16. The Bertz CT molecular complexity index is 1080. The highest BCUT2D eigenvalue weighted by molar-refractivity contribution is 7.98. The van der Waals surface area contributed by atoms with Crippen LogP contribution in [0.3, 0.4) is 0 Å². The van der Waals surface area contributed by atoms with Gasteiger partial charge < -0.3 is 10.6 Å². The molecule has 0 radical (unpaired) electrons. The van der Waals surface area contributed by atoms with Crippen molar-refractivity contribution in [1.82, 2.24) is 0 Å². The van der Waals surface area contributed by atoms with E-state index in [0.29, 0.717) is 22.1 Å². The van der Waals surface area contributed by atoms with Gasteiger partial charge in [-0.15, -0.1) is 11.8 Å². The number of amides is 3. The Balaban J connectivity index is 1.65. The molecule has 5 nitrogen and oxygen atoms in total. The van der Waals surface area contributed by atoms with Crippen LogP contribution in [0.2, 0.25) is 5.02 Å². The van der Waals surface area contributed by atoms with Crippen molar-refractivity contribution in [3.8, 4) is 0 Å². The molecule has 0 atom stereocenters. The zero-order valence-electron chi connectivity index (χ0n) is 15.7. The highest BCUT2D eigenvalue weighted by Gasteiger charge is 2.14. The third-order valence-electron chi connectivity index (χ3n) is 4.08. The fourth-order valence-electron chi connectivity index (χ4n) is 2.57. The molecule has 0 fully saturated rings. The lowest BCUT2D eigenvalue weighted by Gasteiger charge is -2.17. The molecule has 154 valence electrons. The van der Waals surface area contributed by atoms with Crippen LogP contribution in [-0.2, 0) is 0 Å². The van der Waals surface area contributed by atoms with Gasteiger partial charge in [-0.05, 0) is 60.9 Å². The van der Waals surface area contributed by atoms with Gasteiger partial charge in [0.1, 0.15) is 5.82 Å². The monoisotopic (exact) mass is 461 g/mol. The van der Waals surface area contributed by atoms with Gasteiger partial charge in [-0.25, -0.2) is 13.5 Å². The number of carbonyl (C=O) groups is 2. The maximum Gasteiger partial charge on any atom is 0.336 e. The second kappa shape index (κ2) is 9.88. The van der Waals surface area contributed by atoms with Gasteiger partial charge in [0.15, 0.2) is 0 Å². The first-order chi connectivity index (χ1) is 14.4. The molecule has 0 saturated heterocycles. The quantitative estimate of drug-likeness (QED) is 0.307. The molecular formula is C21H17ClFN3O2S2. The van der Waals surface area contributed by atoms with Crippen LogP contribution in [0.5, 0.6) is 0 Å². The summed E-state index contributed by atoms with van der Waals surface area (Å²) >= 11 is 11.9. The van der Waals surface area contributed by atoms with Crippen molar-refractivity contribution < 1.29 is 14.0 Å². The highest BCUT2D eigenvalue weighted by atomic mass is 35.5. The summed E-state index contributed by atoms with van der Waals surface area (Å²) in [6, 6.07) is 16.9. The molecule has 0 bridgehead atoms. The Morgan fingerprint density at radius 3 is 2.30 bits per heavy atom. The number of hydrogen-bond acceptors (Lipinski definition) is 4.